The van der Waals surface area contributed by atoms with E-state index < -0.39 is 0 Å². The highest BCUT2D eigenvalue weighted by atomic mass is 16.5. The Kier molecular flexibility index (Phi) is 3.45. The zero-order chi connectivity index (χ0) is 9.68. The number of nitrogens with one attached hydrogen (secondary N) is 1. The summed E-state index contributed by atoms with van der Waals surface area (Å²) in [4.78, 5) is 4.05. The maximum absolute atomic E-state index is 4.91. The van der Waals surface area contributed by atoms with E-state index in [0.717, 1.165) is 11.7 Å². The lowest BCUT2D eigenvalue weighted by atomic mass is 10.5. The minimum atomic E-state index is 0.525. The van der Waals surface area contributed by atoms with Crippen LogP contribution in [0.1, 0.15) is 6.92 Å². The van der Waals surface area contributed by atoms with E-state index in [0.29, 0.717) is 6.61 Å². The first kappa shape index (κ1) is 9.73. The maximum atomic E-state index is 4.91. The minimum absolute atomic E-state index is 0.525. The largest absolute Gasteiger partial charge is 0.379 e. The molecule has 0 unspecified atom stereocenters. The van der Waals surface area contributed by atoms with Gasteiger partial charge in [0.2, 0.25) is 5.95 Å². The van der Waals surface area contributed by atoms with Crippen LogP contribution in [0.5, 0.6) is 0 Å². The SMILES string of the molecule is COC/C(C)=N/Nc1nccn1C. The van der Waals surface area contributed by atoms with Gasteiger partial charge >= 0.3 is 0 Å². The maximum Gasteiger partial charge on any atom is 0.223 e. The van der Waals surface area contributed by atoms with Crippen molar-refractivity contribution in [2.75, 3.05) is 19.1 Å². The monoisotopic (exact) mass is 182 g/mol. The van der Waals surface area contributed by atoms with Crippen LogP contribution in [0.4, 0.5) is 5.95 Å². The van der Waals surface area contributed by atoms with Crippen LogP contribution < -0.4 is 5.43 Å². The first-order valence-corrected chi connectivity index (χ1v) is 3.99. The molecular weight excluding hydrogens is 168 g/mol. The number of hydrogen-bond acceptors (Lipinski definition) is 4. The van der Waals surface area contributed by atoms with Gasteiger partial charge < -0.3 is 9.30 Å². The number of rotatable bonds is 4. The van der Waals surface area contributed by atoms with Gasteiger partial charge in [0.15, 0.2) is 0 Å². The predicted octanol–water partition coefficient (Wildman–Crippen LogP) is 0.854. The summed E-state index contributed by atoms with van der Waals surface area (Å²) in [5.41, 5.74) is 3.72. The Morgan fingerprint density at radius 2 is 2.54 bits per heavy atom. The summed E-state index contributed by atoms with van der Waals surface area (Å²) in [7, 11) is 3.54. The molecule has 0 atom stereocenters. The third kappa shape index (κ3) is 2.87. The van der Waals surface area contributed by atoms with Gasteiger partial charge in [-0.15, -0.1) is 0 Å². The molecule has 1 rings (SSSR count). The lowest BCUT2D eigenvalue weighted by Gasteiger charge is -2.01. The summed E-state index contributed by atoms with van der Waals surface area (Å²) in [6.07, 6.45) is 3.56. The lowest BCUT2D eigenvalue weighted by molar-refractivity contribution is 0.245. The molecule has 5 heteroatoms. The second-order valence-corrected chi connectivity index (χ2v) is 2.75. The van der Waals surface area contributed by atoms with Crippen LogP contribution in [-0.2, 0) is 11.8 Å². The van der Waals surface area contributed by atoms with Crippen molar-refractivity contribution in [1.82, 2.24) is 9.55 Å². The Morgan fingerprint density at radius 3 is 3.08 bits per heavy atom. The molecule has 0 radical (unpaired) electrons. The molecule has 0 fully saturated rings. The third-order valence-corrected chi connectivity index (χ3v) is 1.52. The molecule has 1 aromatic heterocycles. The molecule has 0 aliphatic carbocycles. The van der Waals surface area contributed by atoms with Gasteiger partial charge in [-0.3, -0.25) is 0 Å². The van der Waals surface area contributed by atoms with Crippen LogP contribution in [0, 0.1) is 0 Å². The first-order valence-electron chi connectivity index (χ1n) is 3.99. The second-order valence-electron chi connectivity index (χ2n) is 2.75. The van der Waals surface area contributed by atoms with Gasteiger partial charge in [0.25, 0.3) is 0 Å². The summed E-state index contributed by atoms with van der Waals surface area (Å²) in [6, 6.07) is 0. The van der Waals surface area contributed by atoms with E-state index in [1.165, 1.54) is 0 Å². The van der Waals surface area contributed by atoms with E-state index in [1.807, 2.05) is 24.7 Å². The highest BCUT2D eigenvalue weighted by Crippen LogP contribution is 1.99. The molecular formula is C8H14N4O. The molecule has 0 saturated carbocycles. The van der Waals surface area contributed by atoms with Crippen molar-refractivity contribution < 1.29 is 4.74 Å². The van der Waals surface area contributed by atoms with Gasteiger partial charge in [0, 0.05) is 26.6 Å². The molecule has 0 aromatic carbocycles. The van der Waals surface area contributed by atoms with E-state index in [4.69, 9.17) is 4.74 Å². The summed E-state index contributed by atoms with van der Waals surface area (Å²) < 4.78 is 6.76. The van der Waals surface area contributed by atoms with Gasteiger partial charge in [-0.1, -0.05) is 0 Å². The topological polar surface area (TPSA) is 51.4 Å². The Morgan fingerprint density at radius 1 is 1.77 bits per heavy atom. The quantitative estimate of drug-likeness (QED) is 0.555. The number of hydrogen-bond donors (Lipinski definition) is 1. The number of hydrazone groups is 1. The fraction of sp³-hybridized carbons (Fsp3) is 0.500. The van der Waals surface area contributed by atoms with Crippen molar-refractivity contribution in [2.45, 2.75) is 6.92 Å². The normalized spacial score (nSPS) is 11.8. The van der Waals surface area contributed by atoms with Gasteiger partial charge in [-0.2, -0.15) is 5.10 Å². The number of imidazole rings is 1. The summed E-state index contributed by atoms with van der Waals surface area (Å²) in [6.45, 7) is 2.41. The van der Waals surface area contributed by atoms with Crippen LogP contribution in [-0.4, -0.2) is 29.0 Å². The highest BCUT2D eigenvalue weighted by Gasteiger charge is 1.95. The zero-order valence-electron chi connectivity index (χ0n) is 8.11. The van der Waals surface area contributed by atoms with Crippen molar-refractivity contribution in [2.24, 2.45) is 12.1 Å². The first-order chi connectivity index (χ1) is 6.24. The Labute approximate surface area is 77.4 Å². The summed E-state index contributed by atoms with van der Waals surface area (Å²) in [5.74, 6) is 0.718. The third-order valence-electron chi connectivity index (χ3n) is 1.52. The number of anilines is 1. The van der Waals surface area contributed by atoms with E-state index in [-0.39, 0.29) is 0 Å². The smallest absolute Gasteiger partial charge is 0.223 e. The van der Waals surface area contributed by atoms with Crippen LogP contribution in [0.15, 0.2) is 17.5 Å². The number of ether oxygens (including phenoxy) is 1. The van der Waals surface area contributed by atoms with Crippen LogP contribution in [0.3, 0.4) is 0 Å². The standard InChI is InChI=1S/C8H14N4O/c1-7(6-13-3)10-11-8-9-4-5-12(8)2/h4-5H,6H2,1-3H3,(H,9,11)/b10-7+. The summed E-state index contributed by atoms with van der Waals surface area (Å²) >= 11 is 0. The number of aryl methyl sites for hydroxylation is 1. The number of methoxy groups -OCH3 is 1. The Bertz CT molecular complexity index is 292. The van der Waals surface area contributed by atoms with Gasteiger partial charge in [0.1, 0.15) is 0 Å². The molecule has 0 aliphatic heterocycles. The molecule has 0 saturated heterocycles. The molecule has 72 valence electrons. The lowest BCUT2D eigenvalue weighted by Crippen LogP contribution is -2.06. The van der Waals surface area contributed by atoms with Crippen LogP contribution in [0.25, 0.3) is 0 Å². The van der Waals surface area contributed by atoms with Crippen LogP contribution in [0.2, 0.25) is 0 Å². The van der Waals surface area contributed by atoms with Gasteiger partial charge in [-0.05, 0) is 6.92 Å². The van der Waals surface area contributed by atoms with Gasteiger partial charge in [-0.25, -0.2) is 10.4 Å². The average molecular weight is 182 g/mol. The zero-order valence-corrected chi connectivity index (χ0v) is 8.11. The molecule has 1 heterocycles. The fourth-order valence-electron chi connectivity index (χ4n) is 0.860. The Hall–Kier alpha value is -1.36. The number of nitrogens with zero attached hydrogens (tertiary/aromatic N) is 3. The molecule has 0 bridgehead atoms. The molecule has 13 heavy (non-hydrogen) atoms. The molecule has 5 nitrogen and oxygen atoms in total. The van der Waals surface area contributed by atoms with E-state index in [2.05, 4.69) is 15.5 Å². The summed E-state index contributed by atoms with van der Waals surface area (Å²) in [5, 5.41) is 4.08. The van der Waals surface area contributed by atoms with Crippen molar-refractivity contribution in [3.8, 4) is 0 Å². The van der Waals surface area contributed by atoms with Crippen LogP contribution >= 0.6 is 0 Å². The van der Waals surface area contributed by atoms with E-state index >= 15 is 0 Å². The molecule has 0 amide bonds. The highest BCUT2D eigenvalue weighted by molar-refractivity contribution is 5.83. The second kappa shape index (κ2) is 4.61. The molecule has 1 N–H and O–H groups in total. The fourth-order valence-corrected chi connectivity index (χ4v) is 0.860. The van der Waals surface area contributed by atoms with E-state index in [9.17, 15) is 0 Å². The van der Waals surface area contributed by atoms with Crippen molar-refractivity contribution in [3.05, 3.63) is 12.4 Å². The predicted molar refractivity (Wildman–Crippen MR) is 51.8 cm³/mol. The molecule has 1 aromatic rings. The minimum Gasteiger partial charge on any atom is -0.379 e. The van der Waals surface area contributed by atoms with E-state index in [1.54, 1.807) is 13.3 Å². The molecule has 0 aliphatic rings. The molecule has 0 spiro atoms. The number of aromatic nitrogens is 2. The van der Waals surface area contributed by atoms with Crippen molar-refractivity contribution >= 4 is 11.7 Å². The van der Waals surface area contributed by atoms with Crippen molar-refractivity contribution in [3.63, 3.8) is 0 Å². The van der Waals surface area contributed by atoms with Crippen molar-refractivity contribution in [1.29, 1.82) is 0 Å². The van der Waals surface area contributed by atoms with Gasteiger partial charge in [0.05, 0.1) is 12.3 Å². The Balaban J connectivity index is 2.51. The average Bonchev–Trinajstić information content (AvgIpc) is 2.48.